The van der Waals surface area contributed by atoms with Gasteiger partial charge < -0.3 is 10.1 Å². The number of carbonyl (C=O) groups is 1. The smallest absolute Gasteiger partial charge is 0.366 e. The molecule has 3 aromatic rings. The minimum Gasteiger partial charge on any atom is -0.366 e. The molecule has 40 heavy (non-hydrogen) atoms. The Morgan fingerprint density at radius 1 is 1.23 bits per heavy atom. The van der Waals surface area contributed by atoms with Crippen molar-refractivity contribution in [1.29, 1.82) is 0 Å². The van der Waals surface area contributed by atoms with Crippen molar-refractivity contribution in [3.05, 3.63) is 75.0 Å². The molecule has 11 heteroatoms. The van der Waals surface area contributed by atoms with Crippen LogP contribution in [0, 0.1) is 0 Å². The molecule has 5 heterocycles. The summed E-state index contributed by atoms with van der Waals surface area (Å²) in [7, 11) is 0. The topological polar surface area (TPSA) is 67.4 Å². The van der Waals surface area contributed by atoms with Gasteiger partial charge in [-0.25, -0.2) is 0 Å². The quantitative estimate of drug-likeness (QED) is 0.312. The number of thioether (sulfide) groups is 1. The zero-order valence-electron chi connectivity index (χ0n) is 22.8. The van der Waals surface area contributed by atoms with Crippen LogP contribution in [0.25, 0.3) is 0 Å². The number of pyridine rings is 2. The minimum absolute atomic E-state index is 0.0322. The first-order valence-corrected chi connectivity index (χ1v) is 15.3. The van der Waals surface area contributed by atoms with Crippen LogP contribution in [0.15, 0.2) is 47.6 Å². The van der Waals surface area contributed by atoms with Crippen LogP contribution in [-0.4, -0.2) is 45.7 Å². The first-order valence-electron chi connectivity index (χ1n) is 13.5. The summed E-state index contributed by atoms with van der Waals surface area (Å²) in [6.45, 7) is 7.98. The molecule has 2 aliphatic rings. The van der Waals surface area contributed by atoms with Crippen LogP contribution in [-0.2, 0) is 29.5 Å². The second-order valence-electron chi connectivity index (χ2n) is 10.4. The number of aromatic nitrogens is 2. The molecular formula is C29H33F3N4O2S2. The van der Waals surface area contributed by atoms with Gasteiger partial charge in [-0.1, -0.05) is 13.0 Å². The zero-order valence-corrected chi connectivity index (χ0v) is 24.4. The largest absolute Gasteiger partial charge is 0.433 e. The van der Waals surface area contributed by atoms with Gasteiger partial charge in [-0.05, 0) is 74.3 Å². The molecular weight excluding hydrogens is 557 g/mol. The molecule has 0 aromatic carbocycles. The molecule has 1 fully saturated rings. The maximum absolute atomic E-state index is 13.1. The number of nitrogens with one attached hydrogen (secondary N) is 1. The minimum atomic E-state index is -4.45. The molecule has 1 spiro atoms. The lowest BCUT2D eigenvalue weighted by atomic mass is 9.83. The SMILES string of the molecule is CCSc1ccc(CNC(=O)c2cc3c(s2)C2(CCN(C(C)c4ccc(C(F)(F)F)nc4)CC2)OC(C)C3)nc1. The van der Waals surface area contributed by atoms with Crippen LogP contribution < -0.4 is 5.32 Å². The van der Waals surface area contributed by atoms with Crippen molar-refractivity contribution >= 4 is 29.0 Å². The highest BCUT2D eigenvalue weighted by molar-refractivity contribution is 7.99. The third-order valence-electron chi connectivity index (χ3n) is 7.63. The Morgan fingerprint density at radius 3 is 2.62 bits per heavy atom. The number of carbonyl (C=O) groups excluding carboxylic acids is 1. The van der Waals surface area contributed by atoms with Crippen molar-refractivity contribution in [2.24, 2.45) is 0 Å². The van der Waals surface area contributed by atoms with Gasteiger partial charge in [0.25, 0.3) is 5.91 Å². The molecule has 2 aliphatic heterocycles. The van der Waals surface area contributed by atoms with Crippen molar-refractivity contribution in [3.8, 4) is 0 Å². The summed E-state index contributed by atoms with van der Waals surface area (Å²) < 4.78 is 45.4. The normalized spacial score (nSPS) is 19.8. The lowest BCUT2D eigenvalue weighted by Crippen LogP contribution is -2.48. The number of fused-ring (bicyclic) bond motifs is 2. The van der Waals surface area contributed by atoms with E-state index in [4.69, 9.17) is 4.74 Å². The second-order valence-corrected chi connectivity index (χ2v) is 12.8. The lowest BCUT2D eigenvalue weighted by molar-refractivity contribution is -0.141. The number of nitrogens with zero attached hydrogens (tertiary/aromatic N) is 3. The molecule has 1 saturated heterocycles. The predicted octanol–water partition coefficient (Wildman–Crippen LogP) is 6.61. The molecule has 0 radical (unpaired) electrons. The maximum atomic E-state index is 13.1. The van der Waals surface area contributed by atoms with Crippen molar-refractivity contribution < 1.29 is 22.7 Å². The van der Waals surface area contributed by atoms with Crippen LogP contribution in [0.4, 0.5) is 13.2 Å². The summed E-state index contributed by atoms with van der Waals surface area (Å²) in [5, 5.41) is 3.01. The Bertz CT molecular complexity index is 1320. The van der Waals surface area contributed by atoms with Crippen LogP contribution >= 0.6 is 23.1 Å². The fraction of sp³-hybridized carbons (Fsp3) is 0.483. The van der Waals surface area contributed by atoms with E-state index in [0.29, 0.717) is 11.4 Å². The fourth-order valence-electron chi connectivity index (χ4n) is 5.54. The van der Waals surface area contributed by atoms with E-state index < -0.39 is 17.5 Å². The number of halogens is 3. The third kappa shape index (κ3) is 6.22. The lowest BCUT2D eigenvalue weighted by Gasteiger charge is -2.47. The van der Waals surface area contributed by atoms with E-state index in [1.54, 1.807) is 11.8 Å². The van der Waals surface area contributed by atoms with Crippen molar-refractivity contribution in [2.75, 3.05) is 18.8 Å². The Labute approximate surface area is 240 Å². The molecule has 2 atom stereocenters. The Kier molecular flexibility index (Phi) is 8.56. The van der Waals surface area contributed by atoms with E-state index in [1.807, 2.05) is 31.3 Å². The fourth-order valence-corrected chi connectivity index (χ4v) is 7.46. The number of rotatable bonds is 7. The Balaban J connectivity index is 1.25. The number of amides is 1. The Morgan fingerprint density at radius 2 is 2.00 bits per heavy atom. The third-order valence-corrected chi connectivity index (χ3v) is 9.86. The van der Waals surface area contributed by atoms with Crippen molar-refractivity contribution in [2.45, 2.75) is 75.4 Å². The number of thiophene rings is 1. The van der Waals surface area contributed by atoms with Gasteiger partial charge in [0, 0.05) is 41.3 Å². The summed E-state index contributed by atoms with van der Waals surface area (Å²) in [4.78, 5) is 26.3. The van der Waals surface area contributed by atoms with Gasteiger partial charge in [0.15, 0.2) is 0 Å². The molecule has 3 aromatic heterocycles. The van der Waals surface area contributed by atoms with E-state index in [0.717, 1.165) is 65.2 Å². The monoisotopic (exact) mass is 590 g/mol. The Hall–Kier alpha value is -2.47. The molecule has 214 valence electrons. The highest BCUT2D eigenvalue weighted by Crippen LogP contribution is 2.48. The van der Waals surface area contributed by atoms with Gasteiger partial charge in [-0.2, -0.15) is 13.2 Å². The number of alkyl halides is 3. The molecule has 0 saturated carbocycles. The highest BCUT2D eigenvalue weighted by atomic mass is 32.2. The summed E-state index contributed by atoms with van der Waals surface area (Å²) in [5.41, 5.74) is 1.40. The average Bonchev–Trinajstić information content (AvgIpc) is 3.37. The molecule has 6 nitrogen and oxygen atoms in total. The van der Waals surface area contributed by atoms with E-state index >= 15 is 0 Å². The summed E-state index contributed by atoms with van der Waals surface area (Å²) in [6.07, 6.45) is 1.00. The van der Waals surface area contributed by atoms with Gasteiger partial charge >= 0.3 is 6.18 Å². The zero-order chi connectivity index (χ0) is 28.5. The van der Waals surface area contributed by atoms with E-state index in [2.05, 4.69) is 34.0 Å². The van der Waals surface area contributed by atoms with E-state index in [9.17, 15) is 18.0 Å². The molecule has 5 rings (SSSR count). The number of ether oxygens (including phenoxy) is 1. The van der Waals surface area contributed by atoms with Gasteiger partial charge in [-0.15, -0.1) is 23.1 Å². The summed E-state index contributed by atoms with van der Waals surface area (Å²) in [5.74, 6) is 0.870. The number of piperidine rings is 1. The summed E-state index contributed by atoms with van der Waals surface area (Å²) >= 11 is 3.24. The number of hydrogen-bond donors (Lipinski definition) is 1. The van der Waals surface area contributed by atoms with Crippen LogP contribution in [0.3, 0.4) is 0 Å². The molecule has 1 amide bonds. The molecule has 0 bridgehead atoms. The molecule has 2 unspecified atom stereocenters. The van der Waals surface area contributed by atoms with E-state index in [1.165, 1.54) is 29.2 Å². The van der Waals surface area contributed by atoms with Gasteiger partial charge in [0.1, 0.15) is 11.3 Å². The van der Waals surface area contributed by atoms with Crippen molar-refractivity contribution in [3.63, 3.8) is 0 Å². The standard InChI is InChI=1S/C29H33F3N4O2S2/c1-4-39-23-7-6-22(33-17-23)16-35-27(37)24-14-21-13-18(2)38-28(26(21)40-24)9-11-36(12-10-28)19(3)20-5-8-25(34-15-20)29(30,31)32/h5-8,14-15,17-19H,4,9-13,16H2,1-3H3,(H,35,37). The maximum Gasteiger partial charge on any atom is 0.433 e. The number of likely N-dealkylation sites (tertiary alicyclic amines) is 1. The van der Waals surface area contributed by atoms with E-state index in [-0.39, 0.29) is 18.1 Å². The highest BCUT2D eigenvalue weighted by Gasteiger charge is 2.45. The average molecular weight is 591 g/mol. The van der Waals surface area contributed by atoms with Gasteiger partial charge in [0.2, 0.25) is 0 Å². The summed E-state index contributed by atoms with van der Waals surface area (Å²) in [6, 6.07) is 8.46. The number of hydrogen-bond acceptors (Lipinski definition) is 7. The predicted molar refractivity (Wildman–Crippen MR) is 151 cm³/mol. The van der Waals surface area contributed by atoms with Crippen LogP contribution in [0.2, 0.25) is 0 Å². The van der Waals surface area contributed by atoms with Gasteiger partial charge in [-0.3, -0.25) is 19.7 Å². The molecule has 0 aliphatic carbocycles. The molecule has 1 N–H and O–H groups in total. The van der Waals surface area contributed by atoms with Crippen molar-refractivity contribution in [1.82, 2.24) is 20.2 Å². The van der Waals surface area contributed by atoms with Crippen LogP contribution in [0.5, 0.6) is 0 Å². The first kappa shape index (κ1) is 29.0. The second kappa shape index (κ2) is 11.8. The van der Waals surface area contributed by atoms with Gasteiger partial charge in [0.05, 0.1) is 23.2 Å². The first-order chi connectivity index (χ1) is 19.1. The van der Waals surface area contributed by atoms with Crippen LogP contribution in [0.1, 0.15) is 76.7 Å².